The van der Waals surface area contributed by atoms with E-state index in [1.165, 1.54) is 64.8 Å². The quantitative estimate of drug-likeness (QED) is 0.789. The van der Waals surface area contributed by atoms with Gasteiger partial charge in [0.15, 0.2) is 0 Å². The first-order valence-electron chi connectivity index (χ1n) is 7.21. The summed E-state index contributed by atoms with van der Waals surface area (Å²) >= 11 is 0. The van der Waals surface area contributed by atoms with Crippen molar-refractivity contribution in [3.05, 3.63) is 0 Å². The number of nitrogens with one attached hydrogen (secondary N) is 1. The minimum atomic E-state index is 0.593. The Labute approximate surface area is 101 Å². The molecule has 0 radical (unpaired) electrons. The van der Waals surface area contributed by atoms with E-state index in [1.54, 1.807) is 0 Å². The van der Waals surface area contributed by atoms with Crippen molar-refractivity contribution in [1.82, 2.24) is 10.2 Å². The van der Waals surface area contributed by atoms with Gasteiger partial charge in [-0.05, 0) is 50.1 Å². The molecule has 2 saturated heterocycles. The molecule has 2 fully saturated rings. The Balaban J connectivity index is 1.87. The molecule has 0 amide bonds. The highest BCUT2D eigenvalue weighted by atomic mass is 15.1. The van der Waals surface area contributed by atoms with Crippen LogP contribution in [0.3, 0.4) is 0 Å². The molecule has 0 aromatic carbocycles. The van der Waals surface area contributed by atoms with Crippen molar-refractivity contribution in [3.8, 4) is 0 Å². The monoisotopic (exact) mass is 224 g/mol. The molecule has 2 aliphatic rings. The van der Waals surface area contributed by atoms with Crippen molar-refractivity contribution in [1.29, 1.82) is 0 Å². The Morgan fingerprint density at radius 3 is 2.88 bits per heavy atom. The molecular weight excluding hydrogens is 196 g/mol. The van der Waals surface area contributed by atoms with Gasteiger partial charge in [0.1, 0.15) is 0 Å². The number of likely N-dealkylation sites (tertiary alicyclic amines) is 1. The third-order valence-corrected chi connectivity index (χ3v) is 4.82. The van der Waals surface area contributed by atoms with Crippen LogP contribution in [0.25, 0.3) is 0 Å². The molecular formula is C14H28N2. The smallest absolute Gasteiger partial charge is 0.00506 e. The molecule has 0 aliphatic carbocycles. The molecule has 0 aromatic heterocycles. The molecule has 2 unspecified atom stereocenters. The fraction of sp³-hybridized carbons (Fsp3) is 1.00. The summed E-state index contributed by atoms with van der Waals surface area (Å²) in [7, 11) is 0. The van der Waals surface area contributed by atoms with Gasteiger partial charge in [0.25, 0.3) is 0 Å². The number of nitrogens with zero attached hydrogens (tertiary/aromatic N) is 1. The number of piperidine rings is 1. The minimum absolute atomic E-state index is 0.593. The second kappa shape index (κ2) is 5.50. The van der Waals surface area contributed by atoms with Gasteiger partial charge in [-0.25, -0.2) is 0 Å². The van der Waals surface area contributed by atoms with Crippen molar-refractivity contribution < 1.29 is 0 Å². The lowest BCUT2D eigenvalue weighted by Gasteiger charge is -2.38. The minimum Gasteiger partial charge on any atom is -0.316 e. The van der Waals surface area contributed by atoms with E-state index < -0.39 is 0 Å². The first-order valence-corrected chi connectivity index (χ1v) is 7.21. The largest absolute Gasteiger partial charge is 0.316 e. The summed E-state index contributed by atoms with van der Waals surface area (Å²) in [6, 6.07) is 0. The van der Waals surface area contributed by atoms with E-state index in [4.69, 9.17) is 0 Å². The second-order valence-corrected chi connectivity index (χ2v) is 5.93. The molecule has 2 aliphatic heterocycles. The fourth-order valence-corrected chi connectivity index (χ4v) is 3.45. The van der Waals surface area contributed by atoms with Gasteiger partial charge in [-0.2, -0.15) is 0 Å². The van der Waals surface area contributed by atoms with E-state index in [2.05, 4.69) is 24.1 Å². The lowest BCUT2D eigenvalue weighted by Crippen LogP contribution is -2.43. The number of rotatable bonds is 4. The molecule has 94 valence electrons. The van der Waals surface area contributed by atoms with Gasteiger partial charge >= 0.3 is 0 Å². The molecule has 2 nitrogen and oxygen atoms in total. The molecule has 0 aromatic rings. The highest BCUT2D eigenvalue weighted by Gasteiger charge is 2.34. The van der Waals surface area contributed by atoms with Crippen molar-refractivity contribution >= 4 is 0 Å². The van der Waals surface area contributed by atoms with Gasteiger partial charge in [-0.1, -0.05) is 20.3 Å². The number of hydrogen-bond acceptors (Lipinski definition) is 2. The zero-order valence-corrected chi connectivity index (χ0v) is 11.1. The maximum absolute atomic E-state index is 3.55. The van der Waals surface area contributed by atoms with E-state index in [9.17, 15) is 0 Å². The fourth-order valence-electron chi connectivity index (χ4n) is 3.45. The van der Waals surface area contributed by atoms with Crippen LogP contribution < -0.4 is 5.32 Å². The van der Waals surface area contributed by atoms with Gasteiger partial charge in [0.2, 0.25) is 0 Å². The Morgan fingerprint density at radius 1 is 1.38 bits per heavy atom. The van der Waals surface area contributed by atoms with Crippen LogP contribution >= 0.6 is 0 Å². The maximum Gasteiger partial charge on any atom is 0.00506 e. The summed E-state index contributed by atoms with van der Waals surface area (Å²) in [6.07, 6.45) is 6.98. The summed E-state index contributed by atoms with van der Waals surface area (Å²) in [5.41, 5.74) is 0.593. The van der Waals surface area contributed by atoms with Crippen LogP contribution in [0.5, 0.6) is 0 Å². The standard InChI is InChI=1S/C14H28N2/c1-3-13-6-5-9-16(10-13)12-14(4-2)7-8-15-11-14/h13,15H,3-12H2,1-2H3. The van der Waals surface area contributed by atoms with Crippen LogP contribution in [0, 0.1) is 11.3 Å². The van der Waals surface area contributed by atoms with Gasteiger partial charge in [-0.3, -0.25) is 0 Å². The molecule has 16 heavy (non-hydrogen) atoms. The summed E-state index contributed by atoms with van der Waals surface area (Å²) in [5, 5.41) is 3.55. The lowest BCUT2D eigenvalue weighted by molar-refractivity contribution is 0.107. The van der Waals surface area contributed by atoms with Crippen LogP contribution in [0.4, 0.5) is 0 Å². The molecule has 0 saturated carbocycles. The van der Waals surface area contributed by atoms with Gasteiger partial charge in [-0.15, -0.1) is 0 Å². The van der Waals surface area contributed by atoms with E-state index in [1.807, 2.05) is 0 Å². The zero-order chi connectivity index (χ0) is 11.4. The SMILES string of the molecule is CCC1CCCN(CC2(CC)CCNC2)C1. The highest BCUT2D eigenvalue weighted by Crippen LogP contribution is 2.32. The van der Waals surface area contributed by atoms with Crippen molar-refractivity contribution in [2.24, 2.45) is 11.3 Å². The molecule has 2 heterocycles. The van der Waals surface area contributed by atoms with Gasteiger partial charge in [0.05, 0.1) is 0 Å². The van der Waals surface area contributed by atoms with Crippen LogP contribution in [0.2, 0.25) is 0 Å². The predicted molar refractivity (Wildman–Crippen MR) is 69.7 cm³/mol. The Hall–Kier alpha value is -0.0800. The third kappa shape index (κ3) is 2.78. The third-order valence-electron chi connectivity index (χ3n) is 4.82. The van der Waals surface area contributed by atoms with Gasteiger partial charge < -0.3 is 10.2 Å². The molecule has 2 rings (SSSR count). The lowest BCUT2D eigenvalue weighted by atomic mass is 9.82. The van der Waals surface area contributed by atoms with E-state index in [0.717, 1.165) is 5.92 Å². The molecule has 0 spiro atoms. The van der Waals surface area contributed by atoms with Crippen molar-refractivity contribution in [2.75, 3.05) is 32.7 Å². The van der Waals surface area contributed by atoms with Crippen molar-refractivity contribution in [2.45, 2.75) is 46.0 Å². The Bertz CT molecular complexity index is 209. The van der Waals surface area contributed by atoms with Crippen LogP contribution in [0.15, 0.2) is 0 Å². The second-order valence-electron chi connectivity index (χ2n) is 5.93. The summed E-state index contributed by atoms with van der Waals surface area (Å²) in [4.78, 5) is 2.74. The molecule has 1 N–H and O–H groups in total. The average Bonchev–Trinajstić information content (AvgIpc) is 2.78. The Morgan fingerprint density at radius 2 is 2.25 bits per heavy atom. The van der Waals surface area contributed by atoms with Crippen LogP contribution in [-0.4, -0.2) is 37.6 Å². The summed E-state index contributed by atoms with van der Waals surface area (Å²) in [5.74, 6) is 0.969. The van der Waals surface area contributed by atoms with E-state index in [-0.39, 0.29) is 0 Å². The summed E-state index contributed by atoms with van der Waals surface area (Å²) in [6.45, 7) is 11.2. The first kappa shape index (κ1) is 12.4. The highest BCUT2D eigenvalue weighted by molar-refractivity contribution is 4.90. The average molecular weight is 224 g/mol. The van der Waals surface area contributed by atoms with E-state index in [0.29, 0.717) is 5.41 Å². The molecule has 2 atom stereocenters. The molecule has 0 bridgehead atoms. The number of hydrogen-bond donors (Lipinski definition) is 1. The van der Waals surface area contributed by atoms with Crippen molar-refractivity contribution in [3.63, 3.8) is 0 Å². The topological polar surface area (TPSA) is 15.3 Å². The molecule has 2 heteroatoms. The predicted octanol–water partition coefficient (Wildman–Crippen LogP) is 2.50. The normalized spacial score (nSPS) is 36.8. The van der Waals surface area contributed by atoms with Crippen LogP contribution in [-0.2, 0) is 0 Å². The Kier molecular flexibility index (Phi) is 4.26. The maximum atomic E-state index is 3.55. The van der Waals surface area contributed by atoms with Crippen LogP contribution in [0.1, 0.15) is 46.0 Å². The zero-order valence-electron chi connectivity index (χ0n) is 11.1. The van der Waals surface area contributed by atoms with Gasteiger partial charge in [0, 0.05) is 19.6 Å². The first-order chi connectivity index (χ1) is 7.78. The van der Waals surface area contributed by atoms with E-state index >= 15 is 0 Å². The summed E-state index contributed by atoms with van der Waals surface area (Å²) < 4.78 is 0.